The van der Waals surface area contributed by atoms with Gasteiger partial charge in [-0.15, -0.1) is 0 Å². The zero-order chi connectivity index (χ0) is 9.73. The second-order valence-corrected chi connectivity index (χ2v) is 5.50. The Morgan fingerprint density at radius 2 is 2.00 bits per heavy atom. The highest BCUT2D eigenvalue weighted by molar-refractivity contribution is 7.89. The van der Waals surface area contributed by atoms with Gasteiger partial charge in [0.25, 0.3) is 0 Å². The van der Waals surface area contributed by atoms with Gasteiger partial charge in [-0.1, -0.05) is 0 Å². The smallest absolute Gasteiger partial charge is 0.211 e. The Kier molecular flexibility index (Phi) is 4.15. The lowest BCUT2D eigenvalue weighted by Crippen LogP contribution is -2.23. The number of unbranched alkanes of at least 4 members (excludes halogenated alkanes) is 1. The minimum atomic E-state index is -2.98. The lowest BCUT2D eigenvalue weighted by Gasteiger charge is -2.03. The summed E-state index contributed by atoms with van der Waals surface area (Å²) in [7, 11) is -1.53. The van der Waals surface area contributed by atoms with E-state index in [9.17, 15) is 8.42 Å². The highest BCUT2D eigenvalue weighted by atomic mass is 32.2. The van der Waals surface area contributed by atoms with E-state index in [1.54, 1.807) is 0 Å². The molecule has 0 aromatic heterocycles. The second-order valence-electron chi connectivity index (χ2n) is 3.46. The van der Waals surface area contributed by atoms with Crippen molar-refractivity contribution in [1.82, 2.24) is 10.0 Å². The van der Waals surface area contributed by atoms with Crippen LogP contribution in [0.15, 0.2) is 0 Å². The summed E-state index contributed by atoms with van der Waals surface area (Å²) in [6.07, 6.45) is 4.25. The van der Waals surface area contributed by atoms with Crippen LogP contribution in [-0.2, 0) is 10.0 Å². The summed E-state index contributed by atoms with van der Waals surface area (Å²) < 4.78 is 24.3. The van der Waals surface area contributed by atoms with E-state index in [-0.39, 0.29) is 5.75 Å². The quantitative estimate of drug-likeness (QED) is 0.579. The standard InChI is InChI=1S/C8H18N2O2S/c1-9-13(11,12)7-3-2-6-10-8-4-5-8/h8-10H,2-7H2,1H3. The Labute approximate surface area is 80.1 Å². The third kappa shape index (κ3) is 5.23. The van der Waals surface area contributed by atoms with Crippen molar-refractivity contribution in [3.05, 3.63) is 0 Å². The number of hydrogen-bond acceptors (Lipinski definition) is 3. The fraction of sp³-hybridized carbons (Fsp3) is 1.00. The Hall–Kier alpha value is -0.130. The van der Waals surface area contributed by atoms with Crippen molar-refractivity contribution in [3.8, 4) is 0 Å². The maximum atomic E-state index is 11.0. The summed E-state index contributed by atoms with van der Waals surface area (Å²) >= 11 is 0. The van der Waals surface area contributed by atoms with Gasteiger partial charge in [-0.05, 0) is 39.3 Å². The predicted octanol–water partition coefficient (Wildman–Crippen LogP) is 0.0678. The summed E-state index contributed by atoms with van der Waals surface area (Å²) in [5.41, 5.74) is 0. The van der Waals surface area contributed by atoms with Crippen LogP contribution in [0.3, 0.4) is 0 Å². The highest BCUT2D eigenvalue weighted by Gasteiger charge is 2.19. The van der Waals surface area contributed by atoms with Gasteiger partial charge in [-0.3, -0.25) is 0 Å². The van der Waals surface area contributed by atoms with Crippen LogP contribution in [0.5, 0.6) is 0 Å². The average molecular weight is 206 g/mol. The van der Waals surface area contributed by atoms with E-state index in [4.69, 9.17) is 0 Å². The van der Waals surface area contributed by atoms with Crippen LogP contribution in [0.1, 0.15) is 25.7 Å². The van der Waals surface area contributed by atoms with Crippen molar-refractivity contribution in [2.45, 2.75) is 31.7 Å². The maximum Gasteiger partial charge on any atom is 0.211 e. The summed E-state index contributed by atoms with van der Waals surface area (Å²) in [4.78, 5) is 0. The molecule has 0 amide bonds. The monoisotopic (exact) mass is 206 g/mol. The molecule has 78 valence electrons. The number of rotatable bonds is 7. The molecule has 4 nitrogen and oxygen atoms in total. The summed E-state index contributed by atoms with van der Waals surface area (Å²) in [5.74, 6) is 0.246. The van der Waals surface area contributed by atoms with Crippen molar-refractivity contribution in [1.29, 1.82) is 0 Å². The fourth-order valence-electron chi connectivity index (χ4n) is 1.11. The van der Waals surface area contributed by atoms with Gasteiger partial charge in [0.05, 0.1) is 5.75 Å². The highest BCUT2D eigenvalue weighted by Crippen LogP contribution is 2.18. The normalized spacial score (nSPS) is 17.6. The van der Waals surface area contributed by atoms with Gasteiger partial charge in [0.2, 0.25) is 10.0 Å². The van der Waals surface area contributed by atoms with E-state index in [1.165, 1.54) is 19.9 Å². The van der Waals surface area contributed by atoms with E-state index in [0.29, 0.717) is 0 Å². The minimum absolute atomic E-state index is 0.246. The van der Waals surface area contributed by atoms with Crippen molar-refractivity contribution >= 4 is 10.0 Å². The first-order valence-electron chi connectivity index (χ1n) is 4.78. The molecule has 1 aliphatic rings. The molecule has 13 heavy (non-hydrogen) atoms. The predicted molar refractivity (Wildman–Crippen MR) is 53.1 cm³/mol. The second kappa shape index (κ2) is 4.93. The molecule has 2 N–H and O–H groups in total. The van der Waals surface area contributed by atoms with Crippen LogP contribution in [0.25, 0.3) is 0 Å². The topological polar surface area (TPSA) is 58.2 Å². The first kappa shape index (κ1) is 10.9. The molecular formula is C8H18N2O2S. The van der Waals surface area contributed by atoms with Crippen LogP contribution in [-0.4, -0.2) is 33.8 Å². The van der Waals surface area contributed by atoms with E-state index >= 15 is 0 Å². The zero-order valence-electron chi connectivity index (χ0n) is 8.04. The lowest BCUT2D eigenvalue weighted by atomic mass is 10.3. The van der Waals surface area contributed by atoms with E-state index < -0.39 is 10.0 Å². The molecule has 0 unspecified atom stereocenters. The largest absolute Gasteiger partial charge is 0.314 e. The molecule has 1 rings (SSSR count). The number of nitrogens with one attached hydrogen (secondary N) is 2. The summed E-state index contributed by atoms with van der Waals surface area (Å²) in [6, 6.07) is 0.723. The molecule has 1 aliphatic carbocycles. The van der Waals surface area contributed by atoms with Gasteiger partial charge in [0.15, 0.2) is 0 Å². The first-order valence-corrected chi connectivity index (χ1v) is 6.44. The van der Waals surface area contributed by atoms with Crippen LogP contribution in [0.4, 0.5) is 0 Å². The molecule has 0 aliphatic heterocycles. The third-order valence-electron chi connectivity index (χ3n) is 2.16. The summed E-state index contributed by atoms with van der Waals surface area (Å²) in [6.45, 7) is 0.948. The molecule has 0 radical (unpaired) electrons. The van der Waals surface area contributed by atoms with Crippen molar-refractivity contribution < 1.29 is 8.42 Å². The molecule has 0 saturated heterocycles. The molecule has 0 aromatic rings. The van der Waals surface area contributed by atoms with Gasteiger partial charge < -0.3 is 5.32 Å². The van der Waals surface area contributed by atoms with Crippen LogP contribution < -0.4 is 10.0 Å². The van der Waals surface area contributed by atoms with E-state index in [1.807, 2.05) is 0 Å². The van der Waals surface area contributed by atoms with Crippen molar-refractivity contribution in [3.63, 3.8) is 0 Å². The van der Waals surface area contributed by atoms with Gasteiger partial charge in [0.1, 0.15) is 0 Å². The van der Waals surface area contributed by atoms with Gasteiger partial charge >= 0.3 is 0 Å². The molecule has 0 bridgehead atoms. The van der Waals surface area contributed by atoms with Gasteiger partial charge in [-0.25, -0.2) is 13.1 Å². The molecule has 5 heteroatoms. The Bertz CT molecular complexity index is 235. The zero-order valence-corrected chi connectivity index (χ0v) is 8.86. The molecule has 0 aromatic carbocycles. The first-order chi connectivity index (χ1) is 6.14. The van der Waals surface area contributed by atoms with Crippen LogP contribution in [0, 0.1) is 0 Å². The van der Waals surface area contributed by atoms with Crippen molar-refractivity contribution in [2.75, 3.05) is 19.3 Å². The molecule has 1 fully saturated rings. The fourth-order valence-corrected chi connectivity index (χ4v) is 1.90. The summed E-state index contributed by atoms with van der Waals surface area (Å²) in [5, 5.41) is 3.35. The van der Waals surface area contributed by atoms with Gasteiger partial charge in [0, 0.05) is 6.04 Å². The average Bonchev–Trinajstić information content (AvgIpc) is 2.87. The minimum Gasteiger partial charge on any atom is -0.314 e. The molecule has 0 spiro atoms. The Morgan fingerprint density at radius 1 is 1.31 bits per heavy atom. The maximum absolute atomic E-state index is 11.0. The number of hydrogen-bond donors (Lipinski definition) is 2. The van der Waals surface area contributed by atoms with E-state index in [2.05, 4.69) is 10.0 Å². The van der Waals surface area contributed by atoms with Crippen molar-refractivity contribution in [2.24, 2.45) is 0 Å². The Morgan fingerprint density at radius 3 is 2.54 bits per heavy atom. The lowest BCUT2D eigenvalue weighted by molar-refractivity contribution is 0.579. The molecule has 0 atom stereocenters. The molecular weight excluding hydrogens is 188 g/mol. The van der Waals surface area contributed by atoms with Crippen LogP contribution in [0.2, 0.25) is 0 Å². The molecule has 0 heterocycles. The van der Waals surface area contributed by atoms with E-state index in [0.717, 1.165) is 25.4 Å². The Balaban J connectivity index is 1.93. The number of sulfonamides is 1. The molecule has 1 saturated carbocycles. The third-order valence-corrected chi connectivity index (χ3v) is 3.61. The van der Waals surface area contributed by atoms with Gasteiger partial charge in [-0.2, -0.15) is 0 Å². The SMILES string of the molecule is CNS(=O)(=O)CCCCNC1CC1. The van der Waals surface area contributed by atoms with Crippen LogP contribution >= 0.6 is 0 Å².